The van der Waals surface area contributed by atoms with E-state index in [1.165, 1.54) is 11.8 Å². The van der Waals surface area contributed by atoms with Crippen molar-refractivity contribution in [3.8, 4) is 0 Å². The van der Waals surface area contributed by atoms with Crippen LogP contribution in [-0.2, 0) is 0 Å². The first-order chi connectivity index (χ1) is 14.2. The maximum atomic E-state index is 12.5. The van der Waals surface area contributed by atoms with Crippen LogP contribution < -0.4 is 9.80 Å². The number of aryl methyl sites for hydroxylation is 1. The number of carbonyl (C=O) groups excluding carboxylic acids is 1. The summed E-state index contributed by atoms with van der Waals surface area (Å²) in [5.74, 6) is 1.89. The van der Waals surface area contributed by atoms with E-state index in [0.29, 0.717) is 24.8 Å². The summed E-state index contributed by atoms with van der Waals surface area (Å²) >= 11 is 0. The number of aromatic nitrogens is 2. The number of hydrogen-bond acceptors (Lipinski definition) is 6. The lowest BCUT2D eigenvalue weighted by Gasteiger charge is -2.35. The SMILES string of the molecule is CCN(c1cccc(C)c1)c1nccc(N2CCN(C(=O)c3ccco3)CC2)n1. The van der Waals surface area contributed by atoms with Crippen LogP contribution in [0.15, 0.2) is 59.3 Å². The smallest absolute Gasteiger partial charge is 0.289 e. The fraction of sp³-hybridized carbons (Fsp3) is 0.318. The van der Waals surface area contributed by atoms with E-state index in [2.05, 4.69) is 46.8 Å². The largest absolute Gasteiger partial charge is 0.459 e. The van der Waals surface area contributed by atoms with Crippen LogP contribution in [0.3, 0.4) is 0 Å². The fourth-order valence-electron chi connectivity index (χ4n) is 3.58. The average Bonchev–Trinajstić information content (AvgIpc) is 3.29. The minimum Gasteiger partial charge on any atom is -0.459 e. The maximum absolute atomic E-state index is 12.5. The Balaban J connectivity index is 1.47. The van der Waals surface area contributed by atoms with Crippen LogP contribution in [0.2, 0.25) is 0 Å². The van der Waals surface area contributed by atoms with Gasteiger partial charge in [0.1, 0.15) is 5.82 Å². The van der Waals surface area contributed by atoms with Crippen LogP contribution in [0, 0.1) is 6.92 Å². The van der Waals surface area contributed by atoms with Crippen molar-refractivity contribution >= 4 is 23.4 Å². The number of furan rings is 1. The minimum atomic E-state index is -0.0605. The molecule has 3 heterocycles. The molecule has 1 aliphatic rings. The molecule has 0 spiro atoms. The summed E-state index contributed by atoms with van der Waals surface area (Å²) in [5.41, 5.74) is 2.29. The molecule has 7 nitrogen and oxygen atoms in total. The second-order valence-corrected chi connectivity index (χ2v) is 7.05. The van der Waals surface area contributed by atoms with Gasteiger partial charge >= 0.3 is 0 Å². The van der Waals surface area contributed by atoms with Crippen LogP contribution in [0.1, 0.15) is 23.0 Å². The Kier molecular flexibility index (Phi) is 5.46. The third-order valence-corrected chi connectivity index (χ3v) is 5.12. The molecular formula is C22H25N5O2. The van der Waals surface area contributed by atoms with E-state index >= 15 is 0 Å². The number of carbonyl (C=O) groups is 1. The van der Waals surface area contributed by atoms with Gasteiger partial charge in [0, 0.05) is 44.6 Å². The third-order valence-electron chi connectivity index (χ3n) is 5.12. The average molecular weight is 391 g/mol. The molecule has 1 aromatic carbocycles. The Morgan fingerprint density at radius 2 is 1.97 bits per heavy atom. The van der Waals surface area contributed by atoms with Crippen LogP contribution in [-0.4, -0.2) is 53.5 Å². The van der Waals surface area contributed by atoms with Gasteiger partial charge in [-0.15, -0.1) is 0 Å². The molecule has 2 aromatic heterocycles. The molecule has 3 aromatic rings. The summed E-state index contributed by atoms with van der Waals surface area (Å²) in [6.07, 6.45) is 3.33. The van der Waals surface area contributed by atoms with Gasteiger partial charge in [0.25, 0.3) is 5.91 Å². The van der Waals surface area contributed by atoms with Gasteiger partial charge in [0.2, 0.25) is 5.95 Å². The summed E-state index contributed by atoms with van der Waals surface area (Å²) < 4.78 is 5.23. The van der Waals surface area contributed by atoms with Crippen LogP contribution in [0.5, 0.6) is 0 Å². The second kappa shape index (κ2) is 8.34. The summed E-state index contributed by atoms with van der Waals surface area (Å²) in [4.78, 5) is 27.9. The topological polar surface area (TPSA) is 65.7 Å². The normalized spacial score (nSPS) is 14.1. The molecule has 0 N–H and O–H groups in total. The number of amides is 1. The number of rotatable bonds is 5. The molecule has 1 aliphatic heterocycles. The predicted octanol–water partition coefficient (Wildman–Crippen LogP) is 3.50. The van der Waals surface area contributed by atoms with Gasteiger partial charge in [0.05, 0.1) is 6.26 Å². The fourth-order valence-corrected chi connectivity index (χ4v) is 3.58. The first-order valence-electron chi connectivity index (χ1n) is 9.90. The summed E-state index contributed by atoms with van der Waals surface area (Å²) in [5, 5.41) is 0. The molecule has 0 bridgehead atoms. The predicted molar refractivity (Wildman–Crippen MR) is 113 cm³/mol. The highest BCUT2D eigenvalue weighted by molar-refractivity contribution is 5.91. The van der Waals surface area contributed by atoms with Crippen molar-refractivity contribution in [2.45, 2.75) is 13.8 Å². The highest BCUT2D eigenvalue weighted by atomic mass is 16.3. The number of piperazine rings is 1. The molecule has 7 heteroatoms. The monoisotopic (exact) mass is 391 g/mol. The highest BCUT2D eigenvalue weighted by Crippen LogP contribution is 2.25. The van der Waals surface area contributed by atoms with Crippen LogP contribution >= 0.6 is 0 Å². The molecule has 0 saturated carbocycles. The zero-order chi connectivity index (χ0) is 20.2. The molecule has 29 heavy (non-hydrogen) atoms. The highest BCUT2D eigenvalue weighted by Gasteiger charge is 2.24. The molecule has 0 unspecified atom stereocenters. The lowest BCUT2D eigenvalue weighted by molar-refractivity contribution is 0.0714. The van der Waals surface area contributed by atoms with Gasteiger partial charge in [-0.25, -0.2) is 4.98 Å². The van der Waals surface area contributed by atoms with Crippen molar-refractivity contribution in [1.29, 1.82) is 0 Å². The second-order valence-electron chi connectivity index (χ2n) is 7.05. The van der Waals surface area contributed by atoms with Crippen molar-refractivity contribution in [3.63, 3.8) is 0 Å². The zero-order valence-corrected chi connectivity index (χ0v) is 16.8. The molecular weight excluding hydrogens is 366 g/mol. The van der Waals surface area contributed by atoms with Crippen molar-refractivity contribution in [2.75, 3.05) is 42.5 Å². The molecule has 0 atom stereocenters. The van der Waals surface area contributed by atoms with Gasteiger partial charge in [-0.3, -0.25) is 4.79 Å². The first kappa shape index (κ1) is 19.0. The number of nitrogens with zero attached hydrogens (tertiary/aromatic N) is 5. The standard InChI is InChI=1S/C22H25N5O2/c1-3-27(18-7-4-6-17(2)16-18)22-23-10-9-20(24-22)25-11-13-26(14-12-25)21(28)19-8-5-15-29-19/h4-10,15-16H,3,11-14H2,1-2H3. The zero-order valence-electron chi connectivity index (χ0n) is 16.8. The molecule has 1 amide bonds. The quantitative estimate of drug-likeness (QED) is 0.663. The number of benzene rings is 1. The van der Waals surface area contributed by atoms with E-state index in [-0.39, 0.29) is 5.91 Å². The van der Waals surface area contributed by atoms with E-state index in [9.17, 15) is 4.79 Å². The van der Waals surface area contributed by atoms with Crippen LogP contribution in [0.25, 0.3) is 0 Å². The molecule has 150 valence electrons. The Morgan fingerprint density at radius 1 is 1.14 bits per heavy atom. The summed E-state index contributed by atoms with van der Waals surface area (Å²) in [7, 11) is 0. The first-order valence-corrected chi connectivity index (χ1v) is 9.90. The summed E-state index contributed by atoms with van der Waals surface area (Å²) in [6, 6.07) is 13.7. The lowest BCUT2D eigenvalue weighted by Crippen LogP contribution is -2.49. The Bertz CT molecular complexity index is 965. The maximum Gasteiger partial charge on any atom is 0.289 e. The van der Waals surface area contributed by atoms with Gasteiger partial charge in [-0.1, -0.05) is 12.1 Å². The Morgan fingerprint density at radius 3 is 2.66 bits per heavy atom. The summed E-state index contributed by atoms with van der Waals surface area (Å²) in [6.45, 7) is 7.66. The molecule has 4 rings (SSSR count). The van der Waals surface area contributed by atoms with Crippen molar-refractivity contribution in [3.05, 3.63) is 66.2 Å². The third kappa shape index (κ3) is 4.08. The van der Waals surface area contributed by atoms with Gasteiger partial charge in [-0.05, 0) is 49.7 Å². The molecule has 1 fully saturated rings. The molecule has 1 saturated heterocycles. The van der Waals surface area contributed by atoms with E-state index < -0.39 is 0 Å². The van der Waals surface area contributed by atoms with Gasteiger partial charge in [-0.2, -0.15) is 4.98 Å². The Labute approximate surface area is 170 Å². The number of anilines is 3. The molecule has 0 radical (unpaired) electrons. The van der Waals surface area contributed by atoms with Gasteiger partial charge < -0.3 is 19.1 Å². The van der Waals surface area contributed by atoms with Crippen molar-refractivity contribution < 1.29 is 9.21 Å². The lowest BCUT2D eigenvalue weighted by atomic mass is 10.2. The van der Waals surface area contributed by atoms with Crippen molar-refractivity contribution in [2.24, 2.45) is 0 Å². The Hall–Kier alpha value is -3.35. The van der Waals surface area contributed by atoms with Crippen LogP contribution in [0.4, 0.5) is 17.5 Å². The number of hydrogen-bond donors (Lipinski definition) is 0. The van der Waals surface area contributed by atoms with E-state index in [1.807, 2.05) is 17.0 Å². The van der Waals surface area contributed by atoms with Crippen molar-refractivity contribution in [1.82, 2.24) is 14.9 Å². The minimum absolute atomic E-state index is 0.0605. The molecule has 0 aliphatic carbocycles. The van der Waals surface area contributed by atoms with E-state index in [1.54, 1.807) is 18.3 Å². The van der Waals surface area contributed by atoms with E-state index in [0.717, 1.165) is 31.1 Å². The van der Waals surface area contributed by atoms with Gasteiger partial charge in [0.15, 0.2) is 5.76 Å². The van der Waals surface area contributed by atoms with E-state index in [4.69, 9.17) is 9.40 Å².